The van der Waals surface area contributed by atoms with Gasteiger partial charge >= 0.3 is 0 Å². The summed E-state index contributed by atoms with van der Waals surface area (Å²) in [6.45, 7) is 0. The van der Waals surface area contributed by atoms with Gasteiger partial charge in [0.15, 0.2) is 0 Å². The number of hydrogen-bond acceptors (Lipinski definition) is 4. The van der Waals surface area contributed by atoms with Crippen LogP contribution < -0.4 is 0 Å². The van der Waals surface area contributed by atoms with Crippen LogP contribution in [0, 0.1) is 10.1 Å². The quantitative estimate of drug-likeness (QED) is 0.560. The number of pyridine rings is 1. The molecule has 2 heterocycles. The maximum atomic E-state index is 10.4. The third-order valence-electron chi connectivity index (χ3n) is 1.73. The summed E-state index contributed by atoms with van der Waals surface area (Å²) in [5.74, 6) is 0. The molecule has 0 N–H and O–H groups in total. The van der Waals surface area contributed by atoms with Crippen LogP contribution in [-0.2, 0) is 0 Å². The Morgan fingerprint density at radius 3 is 2.71 bits per heavy atom. The normalized spacial score (nSPS) is 10.0. The van der Waals surface area contributed by atoms with E-state index < -0.39 is 4.92 Å². The zero-order valence-electron chi connectivity index (χ0n) is 7.08. The third-order valence-corrected chi connectivity index (χ3v) is 2.62. The average Bonchev–Trinajstić information content (AvgIpc) is 2.71. The van der Waals surface area contributed by atoms with Gasteiger partial charge in [-0.1, -0.05) is 6.07 Å². The maximum absolute atomic E-state index is 10.4. The highest BCUT2D eigenvalue weighted by atomic mass is 32.1. The van der Waals surface area contributed by atoms with Crippen molar-refractivity contribution in [1.29, 1.82) is 0 Å². The van der Waals surface area contributed by atoms with E-state index in [1.54, 1.807) is 17.4 Å². The zero-order chi connectivity index (χ0) is 9.97. The Bertz CT molecular complexity index is 436. The van der Waals surface area contributed by atoms with Crippen LogP contribution in [0.5, 0.6) is 0 Å². The summed E-state index contributed by atoms with van der Waals surface area (Å²) in [5, 5.41) is 12.3. The maximum Gasteiger partial charge on any atom is 0.287 e. The summed E-state index contributed by atoms with van der Waals surface area (Å²) in [6.07, 6.45) is 1.27. The molecule has 0 atom stereocenters. The minimum atomic E-state index is -0.453. The highest BCUT2D eigenvalue weighted by Gasteiger charge is 2.06. The second-order valence-corrected chi connectivity index (χ2v) is 3.58. The molecule has 0 unspecified atom stereocenters. The SMILES string of the molecule is O=[N+]([O-])c1ccc(-c2cccs2)nc1. The van der Waals surface area contributed by atoms with Crippen LogP contribution in [0.4, 0.5) is 5.69 Å². The van der Waals surface area contributed by atoms with Gasteiger partial charge in [-0.2, -0.15) is 0 Å². The highest BCUT2D eigenvalue weighted by Crippen LogP contribution is 2.23. The Labute approximate surface area is 84.0 Å². The molecule has 0 bridgehead atoms. The van der Waals surface area contributed by atoms with E-state index >= 15 is 0 Å². The lowest BCUT2D eigenvalue weighted by atomic mass is 10.3. The third kappa shape index (κ3) is 1.62. The van der Waals surface area contributed by atoms with E-state index in [9.17, 15) is 10.1 Å². The smallest absolute Gasteiger partial charge is 0.258 e. The molecule has 70 valence electrons. The van der Waals surface area contributed by atoms with Gasteiger partial charge < -0.3 is 0 Å². The Morgan fingerprint density at radius 2 is 2.21 bits per heavy atom. The molecule has 2 rings (SSSR count). The largest absolute Gasteiger partial charge is 0.287 e. The number of nitrogens with zero attached hydrogens (tertiary/aromatic N) is 2. The molecule has 4 nitrogen and oxygen atoms in total. The van der Waals surface area contributed by atoms with Crippen LogP contribution >= 0.6 is 11.3 Å². The van der Waals surface area contributed by atoms with E-state index in [0.29, 0.717) is 0 Å². The fourth-order valence-electron chi connectivity index (χ4n) is 1.06. The van der Waals surface area contributed by atoms with Crippen molar-refractivity contribution in [2.45, 2.75) is 0 Å². The number of rotatable bonds is 2. The first kappa shape index (κ1) is 8.83. The van der Waals surface area contributed by atoms with Crippen LogP contribution in [0.2, 0.25) is 0 Å². The summed E-state index contributed by atoms with van der Waals surface area (Å²) < 4.78 is 0. The zero-order valence-corrected chi connectivity index (χ0v) is 7.90. The van der Waals surface area contributed by atoms with Crippen molar-refractivity contribution in [3.63, 3.8) is 0 Å². The molecular formula is C9H6N2O2S. The Hall–Kier alpha value is -1.75. The van der Waals surface area contributed by atoms with E-state index in [2.05, 4.69) is 4.98 Å². The van der Waals surface area contributed by atoms with E-state index in [1.807, 2.05) is 17.5 Å². The van der Waals surface area contributed by atoms with Gasteiger partial charge in [-0.25, -0.2) is 4.98 Å². The van der Waals surface area contributed by atoms with Gasteiger partial charge in [0.1, 0.15) is 6.20 Å². The second-order valence-electron chi connectivity index (χ2n) is 2.64. The molecule has 0 amide bonds. The van der Waals surface area contributed by atoms with Crippen molar-refractivity contribution >= 4 is 17.0 Å². The number of hydrogen-bond donors (Lipinski definition) is 0. The summed E-state index contributed by atoms with van der Waals surface area (Å²) >= 11 is 1.56. The fraction of sp³-hybridized carbons (Fsp3) is 0. The van der Waals surface area contributed by atoms with Crippen LogP contribution in [0.15, 0.2) is 35.8 Å². The molecular weight excluding hydrogens is 200 g/mol. The van der Waals surface area contributed by atoms with Gasteiger partial charge in [-0.3, -0.25) is 10.1 Å². The Morgan fingerprint density at radius 1 is 1.36 bits per heavy atom. The summed E-state index contributed by atoms with van der Waals surface area (Å²) in [6, 6.07) is 6.97. The van der Waals surface area contributed by atoms with Gasteiger partial charge in [0.2, 0.25) is 0 Å². The molecule has 0 radical (unpaired) electrons. The van der Waals surface area contributed by atoms with Crippen molar-refractivity contribution in [2.75, 3.05) is 0 Å². The van der Waals surface area contributed by atoms with E-state index in [0.717, 1.165) is 10.6 Å². The Kier molecular flexibility index (Phi) is 2.24. The van der Waals surface area contributed by atoms with Crippen LogP contribution in [0.1, 0.15) is 0 Å². The standard InChI is InChI=1S/C9H6N2O2S/c12-11(13)7-3-4-8(10-6-7)9-2-1-5-14-9/h1-6H. The summed E-state index contributed by atoms with van der Waals surface area (Å²) in [7, 11) is 0. The van der Waals surface area contributed by atoms with Crippen molar-refractivity contribution in [3.8, 4) is 10.6 Å². The first-order valence-electron chi connectivity index (χ1n) is 3.92. The fourth-order valence-corrected chi connectivity index (χ4v) is 1.77. The van der Waals surface area contributed by atoms with Gasteiger partial charge in [0, 0.05) is 6.07 Å². The molecule has 5 heteroatoms. The molecule has 0 spiro atoms. The minimum Gasteiger partial charge on any atom is -0.258 e. The predicted molar refractivity (Wildman–Crippen MR) is 54.2 cm³/mol. The van der Waals surface area contributed by atoms with Crippen molar-refractivity contribution in [2.24, 2.45) is 0 Å². The van der Waals surface area contributed by atoms with Crippen LogP contribution in [0.3, 0.4) is 0 Å². The number of aromatic nitrogens is 1. The van der Waals surface area contributed by atoms with Crippen molar-refractivity contribution in [1.82, 2.24) is 4.98 Å². The molecule has 2 aromatic rings. The summed E-state index contributed by atoms with van der Waals surface area (Å²) in [4.78, 5) is 14.9. The predicted octanol–water partition coefficient (Wildman–Crippen LogP) is 2.72. The molecule has 0 saturated heterocycles. The van der Waals surface area contributed by atoms with Gasteiger partial charge in [0.05, 0.1) is 15.5 Å². The summed E-state index contributed by atoms with van der Waals surface area (Å²) in [5.41, 5.74) is 0.788. The van der Waals surface area contributed by atoms with Crippen molar-refractivity contribution < 1.29 is 4.92 Å². The molecule has 0 aromatic carbocycles. The lowest BCUT2D eigenvalue weighted by molar-refractivity contribution is -0.385. The lowest BCUT2D eigenvalue weighted by Crippen LogP contribution is -1.89. The monoisotopic (exact) mass is 206 g/mol. The molecule has 14 heavy (non-hydrogen) atoms. The van der Waals surface area contributed by atoms with Gasteiger partial charge in [-0.05, 0) is 17.5 Å². The van der Waals surface area contributed by atoms with Crippen LogP contribution in [0.25, 0.3) is 10.6 Å². The number of nitro groups is 1. The lowest BCUT2D eigenvalue weighted by Gasteiger charge is -1.94. The minimum absolute atomic E-state index is 0.0188. The molecule has 0 fully saturated rings. The van der Waals surface area contributed by atoms with Crippen molar-refractivity contribution in [3.05, 3.63) is 46.0 Å². The first-order chi connectivity index (χ1) is 6.77. The Balaban J connectivity index is 2.36. The number of thiophene rings is 1. The first-order valence-corrected chi connectivity index (χ1v) is 4.79. The molecule has 0 aliphatic rings. The van der Waals surface area contributed by atoms with Gasteiger partial charge in [-0.15, -0.1) is 11.3 Å². The second kappa shape index (κ2) is 3.55. The average molecular weight is 206 g/mol. The molecule has 0 aliphatic carbocycles. The van der Waals surface area contributed by atoms with E-state index in [1.165, 1.54) is 12.3 Å². The van der Waals surface area contributed by atoms with Crippen LogP contribution in [-0.4, -0.2) is 9.91 Å². The molecule has 0 saturated carbocycles. The highest BCUT2D eigenvalue weighted by molar-refractivity contribution is 7.13. The topological polar surface area (TPSA) is 56.0 Å². The van der Waals surface area contributed by atoms with Gasteiger partial charge in [0.25, 0.3) is 5.69 Å². The van der Waals surface area contributed by atoms with E-state index in [-0.39, 0.29) is 5.69 Å². The van der Waals surface area contributed by atoms with E-state index in [4.69, 9.17) is 0 Å². The molecule has 0 aliphatic heterocycles. The molecule has 2 aromatic heterocycles.